The van der Waals surface area contributed by atoms with Gasteiger partial charge in [0.2, 0.25) is 0 Å². The predicted molar refractivity (Wildman–Crippen MR) is 117 cm³/mol. The average molecular weight is 440 g/mol. The molecule has 0 N–H and O–H groups in total. The van der Waals surface area contributed by atoms with E-state index in [1.165, 1.54) is 12.0 Å². The molecular weight excluding hydrogens is 402 g/mol. The zero-order chi connectivity index (χ0) is 23.9. The maximum atomic E-state index is 13.3. The second-order valence-electron chi connectivity index (χ2n) is 9.47. The first-order valence-electron chi connectivity index (χ1n) is 10.2. The Morgan fingerprint density at radius 1 is 0.839 bits per heavy atom. The number of methoxy groups -OCH3 is 2. The third-order valence-electron chi connectivity index (χ3n) is 4.12. The molecule has 176 valence electrons. The molecule has 0 aliphatic rings. The average Bonchev–Trinajstić information content (AvgIpc) is 2.62. The summed E-state index contributed by atoms with van der Waals surface area (Å²) in [5, 5.41) is 0. The van der Waals surface area contributed by atoms with E-state index in [2.05, 4.69) is 0 Å². The number of amides is 1. The van der Waals surface area contributed by atoms with Crippen LogP contribution in [-0.2, 0) is 30.2 Å². The van der Waals surface area contributed by atoms with Crippen molar-refractivity contribution in [1.29, 1.82) is 0 Å². The van der Waals surface area contributed by atoms with Gasteiger partial charge in [-0.05, 0) is 66.2 Å². The highest BCUT2D eigenvalue weighted by molar-refractivity contribution is 5.86. The molecule has 1 atom stereocenters. The molecule has 0 fully saturated rings. The van der Waals surface area contributed by atoms with Gasteiger partial charge in [-0.15, -0.1) is 0 Å². The molecule has 8 heteroatoms. The number of benzene rings is 1. The summed E-state index contributed by atoms with van der Waals surface area (Å²) < 4.78 is 26.8. The first kappa shape index (κ1) is 26.7. The fourth-order valence-corrected chi connectivity index (χ4v) is 2.74. The van der Waals surface area contributed by atoms with E-state index in [9.17, 15) is 9.59 Å². The number of rotatable bonds is 9. The lowest BCUT2D eigenvalue weighted by molar-refractivity contribution is -0.171. The molecule has 0 spiro atoms. The van der Waals surface area contributed by atoms with Crippen molar-refractivity contribution in [2.24, 2.45) is 0 Å². The van der Waals surface area contributed by atoms with Crippen LogP contribution in [0.1, 0.15) is 54.0 Å². The smallest absolute Gasteiger partial charge is 0.413 e. The van der Waals surface area contributed by atoms with Gasteiger partial charge < -0.3 is 23.7 Å². The summed E-state index contributed by atoms with van der Waals surface area (Å²) >= 11 is 0. The van der Waals surface area contributed by atoms with Gasteiger partial charge >= 0.3 is 12.1 Å². The summed E-state index contributed by atoms with van der Waals surface area (Å²) in [6.07, 6.45) is -0.475. The lowest BCUT2D eigenvalue weighted by atomic mass is 9.91. The normalized spacial score (nSPS) is 13.8. The maximum Gasteiger partial charge on any atom is 0.413 e. The molecule has 0 unspecified atom stereocenters. The number of carbonyl (C=O) groups excluding carboxylic acids is 2. The number of nitrogens with zero attached hydrogens (tertiary/aromatic N) is 1. The topological polar surface area (TPSA) is 83.5 Å². The van der Waals surface area contributed by atoms with E-state index in [1.54, 1.807) is 67.7 Å². The first-order valence-corrected chi connectivity index (χ1v) is 10.2. The molecule has 0 aliphatic heterocycles. The van der Waals surface area contributed by atoms with Gasteiger partial charge in [0.1, 0.15) is 29.2 Å². The molecule has 1 aromatic carbocycles. The molecule has 31 heavy (non-hydrogen) atoms. The maximum absolute atomic E-state index is 13.3. The van der Waals surface area contributed by atoms with Crippen molar-refractivity contribution in [2.75, 3.05) is 27.7 Å². The standard InChI is InChI=1S/C23H37NO7/c1-21(2,3)30-19(25)23(7,24(15-27-8)20(26)31-22(4,5)6)14-17-10-12-18(13-11-17)29-16-28-9/h10-13H,14-16H2,1-9H3/t23-/m0/s1. The molecule has 0 saturated heterocycles. The molecule has 0 saturated carbocycles. The Hall–Kier alpha value is -2.32. The first-order chi connectivity index (χ1) is 14.2. The summed E-state index contributed by atoms with van der Waals surface area (Å²) in [6, 6.07) is 7.21. The molecule has 0 radical (unpaired) electrons. The molecule has 1 aromatic rings. The van der Waals surface area contributed by atoms with E-state index in [0.29, 0.717) is 5.75 Å². The molecule has 1 rings (SSSR count). The number of hydrogen-bond donors (Lipinski definition) is 0. The van der Waals surface area contributed by atoms with Crippen LogP contribution in [0.15, 0.2) is 24.3 Å². The number of hydrogen-bond acceptors (Lipinski definition) is 7. The Morgan fingerprint density at radius 2 is 1.39 bits per heavy atom. The lowest BCUT2D eigenvalue weighted by Gasteiger charge is -2.40. The van der Waals surface area contributed by atoms with Crippen LogP contribution in [0.3, 0.4) is 0 Å². The highest BCUT2D eigenvalue weighted by Gasteiger charge is 2.46. The zero-order valence-corrected chi connectivity index (χ0v) is 20.2. The second-order valence-corrected chi connectivity index (χ2v) is 9.47. The van der Waals surface area contributed by atoms with Crippen LogP contribution in [0, 0.1) is 0 Å². The van der Waals surface area contributed by atoms with Crippen molar-refractivity contribution in [1.82, 2.24) is 4.90 Å². The van der Waals surface area contributed by atoms with Gasteiger partial charge in [0.15, 0.2) is 6.79 Å². The van der Waals surface area contributed by atoms with Gasteiger partial charge in [-0.1, -0.05) is 12.1 Å². The predicted octanol–water partition coefficient (Wildman–Crippen LogP) is 4.15. The fourth-order valence-electron chi connectivity index (χ4n) is 2.74. The van der Waals surface area contributed by atoms with Crippen molar-refractivity contribution in [3.63, 3.8) is 0 Å². The molecule has 0 aromatic heterocycles. The molecule has 8 nitrogen and oxygen atoms in total. The van der Waals surface area contributed by atoms with Crippen molar-refractivity contribution in [3.8, 4) is 5.75 Å². The fraction of sp³-hybridized carbons (Fsp3) is 0.652. The lowest BCUT2D eigenvalue weighted by Crippen LogP contribution is -2.59. The van der Waals surface area contributed by atoms with Crippen molar-refractivity contribution < 1.29 is 33.3 Å². The van der Waals surface area contributed by atoms with E-state index in [1.807, 2.05) is 12.1 Å². The quantitative estimate of drug-likeness (QED) is 0.422. The number of carbonyl (C=O) groups is 2. The highest BCUT2D eigenvalue weighted by Crippen LogP contribution is 2.28. The SMILES string of the molecule is COCOc1ccc(C[C@@](C)(C(=O)OC(C)(C)C)N(COC)C(=O)OC(C)(C)C)cc1. The molecule has 0 heterocycles. The van der Waals surface area contributed by atoms with E-state index in [0.717, 1.165) is 5.56 Å². The van der Waals surface area contributed by atoms with Gasteiger partial charge in [-0.3, -0.25) is 4.90 Å². The van der Waals surface area contributed by atoms with Gasteiger partial charge in [0, 0.05) is 20.6 Å². The van der Waals surface area contributed by atoms with Crippen LogP contribution < -0.4 is 4.74 Å². The van der Waals surface area contributed by atoms with Crippen LogP contribution in [0.4, 0.5) is 4.79 Å². The third-order valence-corrected chi connectivity index (χ3v) is 4.12. The van der Waals surface area contributed by atoms with Crippen LogP contribution in [0.2, 0.25) is 0 Å². The summed E-state index contributed by atoms with van der Waals surface area (Å²) in [4.78, 5) is 27.6. The second kappa shape index (κ2) is 10.8. The van der Waals surface area contributed by atoms with E-state index in [4.69, 9.17) is 23.7 Å². The van der Waals surface area contributed by atoms with Crippen LogP contribution in [-0.4, -0.2) is 61.4 Å². The summed E-state index contributed by atoms with van der Waals surface area (Å²) in [5.74, 6) is 0.0769. The van der Waals surface area contributed by atoms with Crippen molar-refractivity contribution in [2.45, 2.75) is 71.6 Å². The number of esters is 1. The highest BCUT2D eigenvalue weighted by atomic mass is 16.7. The van der Waals surface area contributed by atoms with Crippen LogP contribution in [0.5, 0.6) is 5.75 Å². The number of ether oxygens (including phenoxy) is 5. The Bertz CT molecular complexity index is 719. The van der Waals surface area contributed by atoms with Gasteiger partial charge in [0.05, 0.1) is 0 Å². The molecular formula is C23H37NO7. The van der Waals surface area contributed by atoms with Crippen LogP contribution in [0.25, 0.3) is 0 Å². The van der Waals surface area contributed by atoms with E-state index in [-0.39, 0.29) is 19.9 Å². The Morgan fingerprint density at radius 3 is 1.84 bits per heavy atom. The summed E-state index contributed by atoms with van der Waals surface area (Å²) in [7, 11) is 3.00. The summed E-state index contributed by atoms with van der Waals surface area (Å²) in [6.45, 7) is 12.3. The van der Waals surface area contributed by atoms with Gasteiger partial charge in [0.25, 0.3) is 0 Å². The third kappa shape index (κ3) is 8.75. The minimum Gasteiger partial charge on any atom is -0.468 e. The largest absolute Gasteiger partial charge is 0.468 e. The minimum atomic E-state index is -1.37. The molecule has 0 bridgehead atoms. The van der Waals surface area contributed by atoms with E-state index < -0.39 is 28.8 Å². The minimum absolute atomic E-state index is 0.134. The van der Waals surface area contributed by atoms with Crippen LogP contribution >= 0.6 is 0 Å². The monoisotopic (exact) mass is 439 g/mol. The Balaban J connectivity index is 3.31. The zero-order valence-electron chi connectivity index (χ0n) is 20.2. The Kier molecular flexibility index (Phi) is 9.32. The molecule has 0 aliphatic carbocycles. The van der Waals surface area contributed by atoms with Gasteiger partial charge in [-0.2, -0.15) is 0 Å². The Labute approximate surface area is 185 Å². The van der Waals surface area contributed by atoms with Crippen molar-refractivity contribution in [3.05, 3.63) is 29.8 Å². The van der Waals surface area contributed by atoms with E-state index >= 15 is 0 Å². The van der Waals surface area contributed by atoms with Gasteiger partial charge in [-0.25, -0.2) is 9.59 Å². The summed E-state index contributed by atoms with van der Waals surface area (Å²) in [5.41, 5.74) is -2.04. The molecule has 1 amide bonds. The van der Waals surface area contributed by atoms with Crippen molar-refractivity contribution >= 4 is 12.1 Å².